The van der Waals surface area contributed by atoms with Crippen molar-refractivity contribution in [3.8, 4) is 0 Å². The Kier molecular flexibility index (Phi) is 5.60. The van der Waals surface area contributed by atoms with Crippen molar-refractivity contribution in [2.24, 2.45) is 0 Å². The molecule has 6 heteroatoms. The number of rotatable bonds is 6. The highest BCUT2D eigenvalue weighted by Crippen LogP contribution is 2.24. The van der Waals surface area contributed by atoms with Gasteiger partial charge in [-0.2, -0.15) is 0 Å². The Morgan fingerprint density at radius 3 is 2.60 bits per heavy atom. The molecule has 0 saturated carbocycles. The highest BCUT2D eigenvalue weighted by Gasteiger charge is 2.27. The molecule has 1 aromatic heterocycles. The van der Waals surface area contributed by atoms with Gasteiger partial charge in [0.05, 0.1) is 5.75 Å². The lowest BCUT2D eigenvalue weighted by Crippen LogP contribution is -2.46. The lowest BCUT2D eigenvalue weighted by molar-refractivity contribution is 0.272. The van der Waals surface area contributed by atoms with Crippen LogP contribution in [0, 0.1) is 0 Å². The number of sulfonamides is 1. The van der Waals surface area contributed by atoms with E-state index in [9.17, 15) is 8.42 Å². The number of thiophene rings is 1. The molecule has 1 aliphatic rings. The zero-order valence-electron chi connectivity index (χ0n) is 12.2. The first-order valence-electron chi connectivity index (χ1n) is 7.34. The predicted molar refractivity (Wildman–Crippen MR) is 84.5 cm³/mol. The van der Waals surface area contributed by atoms with Crippen molar-refractivity contribution >= 4 is 21.4 Å². The van der Waals surface area contributed by atoms with E-state index in [0.29, 0.717) is 25.2 Å². The van der Waals surface area contributed by atoms with E-state index >= 15 is 0 Å². The molecule has 1 saturated heterocycles. The summed E-state index contributed by atoms with van der Waals surface area (Å²) in [6, 6.07) is 5.07. The van der Waals surface area contributed by atoms with Crippen LogP contribution in [-0.2, 0) is 10.0 Å². The Labute approximate surface area is 126 Å². The van der Waals surface area contributed by atoms with Gasteiger partial charge >= 0.3 is 0 Å². The molecule has 0 aliphatic carbocycles. The summed E-state index contributed by atoms with van der Waals surface area (Å²) in [6.45, 7) is 5.20. The number of nitrogens with zero attached hydrogens (tertiary/aromatic N) is 1. The van der Waals surface area contributed by atoms with E-state index in [0.717, 1.165) is 19.3 Å². The largest absolute Gasteiger partial charge is 0.306 e. The van der Waals surface area contributed by atoms with Gasteiger partial charge in [-0.1, -0.05) is 13.0 Å². The van der Waals surface area contributed by atoms with Crippen LogP contribution in [0.1, 0.15) is 44.0 Å². The second kappa shape index (κ2) is 7.02. The van der Waals surface area contributed by atoms with Crippen LogP contribution < -0.4 is 5.32 Å². The van der Waals surface area contributed by atoms with E-state index in [4.69, 9.17) is 0 Å². The summed E-state index contributed by atoms with van der Waals surface area (Å²) >= 11 is 1.78. The third-order valence-corrected chi connectivity index (χ3v) is 6.81. The van der Waals surface area contributed by atoms with Crippen molar-refractivity contribution in [1.82, 2.24) is 9.62 Å². The van der Waals surface area contributed by atoms with Crippen LogP contribution in [0.3, 0.4) is 0 Å². The smallest absolute Gasteiger partial charge is 0.213 e. The zero-order valence-corrected chi connectivity index (χ0v) is 13.8. The standard InChI is InChI=1S/C14H24N2O2S2/c1-3-13(14-6-5-11-19-14)15-12-7-9-16(10-8-12)20(17,18)4-2/h5-6,11-13,15H,3-4,7-10H2,1-2H3. The second-order valence-corrected chi connectivity index (χ2v) is 8.45. The summed E-state index contributed by atoms with van der Waals surface area (Å²) in [5.41, 5.74) is 0. The van der Waals surface area contributed by atoms with Gasteiger partial charge in [-0.3, -0.25) is 0 Å². The summed E-state index contributed by atoms with van der Waals surface area (Å²) in [5, 5.41) is 5.79. The van der Waals surface area contributed by atoms with E-state index in [2.05, 4.69) is 29.8 Å². The molecule has 4 nitrogen and oxygen atoms in total. The molecule has 2 heterocycles. The minimum Gasteiger partial charge on any atom is -0.306 e. The molecule has 2 rings (SSSR count). The molecule has 0 spiro atoms. The first kappa shape index (κ1) is 15.9. The van der Waals surface area contributed by atoms with Crippen molar-refractivity contribution < 1.29 is 8.42 Å². The highest BCUT2D eigenvalue weighted by molar-refractivity contribution is 7.89. The molecule has 1 atom stereocenters. The Bertz CT molecular complexity index is 491. The fourth-order valence-electron chi connectivity index (χ4n) is 2.66. The maximum atomic E-state index is 11.8. The van der Waals surface area contributed by atoms with Gasteiger partial charge in [-0.25, -0.2) is 12.7 Å². The number of hydrogen-bond acceptors (Lipinski definition) is 4. The Hall–Kier alpha value is -0.430. The van der Waals surface area contributed by atoms with Crippen LogP contribution in [0.5, 0.6) is 0 Å². The third kappa shape index (κ3) is 3.81. The highest BCUT2D eigenvalue weighted by atomic mass is 32.2. The molecule has 1 aromatic rings. The van der Waals surface area contributed by atoms with Crippen LogP contribution >= 0.6 is 11.3 Å². The minimum atomic E-state index is -3.01. The van der Waals surface area contributed by atoms with Crippen molar-refractivity contribution in [1.29, 1.82) is 0 Å². The lowest BCUT2D eigenvalue weighted by Gasteiger charge is -2.33. The third-order valence-electron chi connectivity index (χ3n) is 3.94. The van der Waals surface area contributed by atoms with Gasteiger partial charge in [0.15, 0.2) is 0 Å². The van der Waals surface area contributed by atoms with Crippen LogP contribution in [0.15, 0.2) is 17.5 Å². The summed E-state index contributed by atoms with van der Waals surface area (Å²) in [7, 11) is -3.01. The monoisotopic (exact) mass is 316 g/mol. The van der Waals surface area contributed by atoms with Crippen molar-refractivity contribution in [3.05, 3.63) is 22.4 Å². The molecule has 20 heavy (non-hydrogen) atoms. The molecule has 1 N–H and O–H groups in total. The van der Waals surface area contributed by atoms with E-state index in [1.54, 1.807) is 22.6 Å². The molecule has 1 unspecified atom stereocenters. The lowest BCUT2D eigenvalue weighted by atomic mass is 10.0. The van der Waals surface area contributed by atoms with Gasteiger partial charge in [0.1, 0.15) is 0 Å². The fourth-order valence-corrected chi connectivity index (χ4v) is 4.66. The summed E-state index contributed by atoms with van der Waals surface area (Å²) in [5.74, 6) is 0.206. The van der Waals surface area contributed by atoms with Gasteiger partial charge < -0.3 is 5.32 Å². The first-order chi connectivity index (χ1) is 9.56. The van der Waals surface area contributed by atoms with Crippen LogP contribution in [-0.4, -0.2) is 37.6 Å². The van der Waals surface area contributed by atoms with Gasteiger partial charge in [0.25, 0.3) is 0 Å². The van der Waals surface area contributed by atoms with Crippen LogP contribution in [0.25, 0.3) is 0 Å². The molecule has 1 aliphatic heterocycles. The van der Waals surface area contributed by atoms with E-state index in [1.165, 1.54) is 4.88 Å². The van der Waals surface area contributed by atoms with Crippen LogP contribution in [0.2, 0.25) is 0 Å². The fraction of sp³-hybridized carbons (Fsp3) is 0.714. The van der Waals surface area contributed by atoms with Gasteiger partial charge in [0.2, 0.25) is 10.0 Å². The summed E-state index contributed by atoms with van der Waals surface area (Å²) in [6.07, 6.45) is 2.87. The normalized spacial score (nSPS) is 20.1. The molecule has 1 fully saturated rings. The second-order valence-electron chi connectivity index (χ2n) is 5.22. The van der Waals surface area contributed by atoms with E-state index in [1.807, 2.05) is 0 Å². The molecular formula is C14H24N2O2S2. The molecule has 0 amide bonds. The summed E-state index contributed by atoms with van der Waals surface area (Å²) in [4.78, 5) is 1.37. The molecule has 0 bridgehead atoms. The maximum Gasteiger partial charge on any atom is 0.213 e. The summed E-state index contributed by atoms with van der Waals surface area (Å²) < 4.78 is 25.3. The van der Waals surface area contributed by atoms with E-state index < -0.39 is 10.0 Å². The Morgan fingerprint density at radius 2 is 2.10 bits per heavy atom. The van der Waals surface area contributed by atoms with Crippen molar-refractivity contribution in [2.45, 2.75) is 45.2 Å². The predicted octanol–water partition coefficient (Wildman–Crippen LogP) is 2.60. The Morgan fingerprint density at radius 1 is 1.40 bits per heavy atom. The van der Waals surface area contributed by atoms with Crippen molar-refractivity contribution in [3.63, 3.8) is 0 Å². The first-order valence-corrected chi connectivity index (χ1v) is 9.83. The van der Waals surface area contributed by atoms with Crippen LogP contribution in [0.4, 0.5) is 0 Å². The molecule has 114 valence electrons. The molecule has 0 radical (unpaired) electrons. The topological polar surface area (TPSA) is 49.4 Å². The number of hydrogen-bond donors (Lipinski definition) is 1. The number of piperidine rings is 1. The Balaban J connectivity index is 1.88. The minimum absolute atomic E-state index is 0.206. The average molecular weight is 316 g/mol. The molecular weight excluding hydrogens is 292 g/mol. The number of nitrogens with one attached hydrogen (secondary N) is 1. The molecule has 0 aromatic carbocycles. The van der Waals surface area contributed by atoms with Crippen molar-refractivity contribution in [2.75, 3.05) is 18.8 Å². The van der Waals surface area contributed by atoms with Gasteiger partial charge in [0, 0.05) is 30.1 Å². The SMILES string of the molecule is CCC(NC1CCN(S(=O)(=O)CC)CC1)c1cccs1. The average Bonchev–Trinajstić information content (AvgIpc) is 2.99. The maximum absolute atomic E-state index is 11.8. The zero-order chi connectivity index (χ0) is 14.6. The van der Waals surface area contributed by atoms with E-state index in [-0.39, 0.29) is 5.75 Å². The van der Waals surface area contributed by atoms with Gasteiger partial charge in [-0.15, -0.1) is 11.3 Å². The van der Waals surface area contributed by atoms with Gasteiger partial charge in [-0.05, 0) is 37.6 Å². The quantitative estimate of drug-likeness (QED) is 0.877.